The second kappa shape index (κ2) is 7.07. The quantitative estimate of drug-likeness (QED) is 0.412. The van der Waals surface area contributed by atoms with E-state index in [2.05, 4.69) is 14.8 Å². The first kappa shape index (κ1) is 19.5. The van der Waals surface area contributed by atoms with Crippen LogP contribution in [0.1, 0.15) is 28.8 Å². The molecule has 1 unspecified atom stereocenters. The van der Waals surface area contributed by atoms with Gasteiger partial charge in [0, 0.05) is 30.3 Å². The van der Waals surface area contributed by atoms with Crippen LogP contribution >= 0.6 is 0 Å². The number of rotatable bonds is 6. The number of imide groups is 1. The number of halogens is 1. The number of benzene rings is 1. The molecule has 11 nitrogen and oxygen atoms in total. The minimum absolute atomic E-state index is 0.0368. The van der Waals surface area contributed by atoms with Gasteiger partial charge in [0.05, 0.1) is 5.56 Å². The molecule has 3 N–H and O–H groups in total. The number of aliphatic carboxylic acids is 1. The van der Waals surface area contributed by atoms with Gasteiger partial charge in [-0.1, -0.05) is 3.89 Å². The van der Waals surface area contributed by atoms with Gasteiger partial charge >= 0.3 is 16.5 Å². The third-order valence-electron chi connectivity index (χ3n) is 4.26. The highest BCUT2D eigenvalue weighted by molar-refractivity contribution is 7.81. The van der Waals surface area contributed by atoms with Crippen molar-refractivity contribution in [2.24, 2.45) is 0 Å². The van der Waals surface area contributed by atoms with Gasteiger partial charge in [0.1, 0.15) is 18.3 Å². The van der Waals surface area contributed by atoms with Crippen LogP contribution in [0.4, 0.5) is 9.57 Å². The number of anilines is 1. The molecule has 1 aromatic carbocycles. The summed E-state index contributed by atoms with van der Waals surface area (Å²) >= 11 is 0. The molecule has 0 aliphatic carbocycles. The van der Waals surface area contributed by atoms with Crippen LogP contribution in [0.15, 0.2) is 12.1 Å². The summed E-state index contributed by atoms with van der Waals surface area (Å²) in [7, 11) is -5.38. The molecule has 1 atom stereocenters. The Morgan fingerprint density at radius 3 is 2.68 bits per heavy atom. The van der Waals surface area contributed by atoms with Crippen LogP contribution in [0, 0.1) is 0 Å². The molecular formula is C15H14FN3O8S. The van der Waals surface area contributed by atoms with Crippen molar-refractivity contribution in [3.63, 3.8) is 0 Å². The van der Waals surface area contributed by atoms with Gasteiger partial charge in [-0.3, -0.25) is 24.5 Å². The number of carboxylic acids is 1. The van der Waals surface area contributed by atoms with Gasteiger partial charge in [0.2, 0.25) is 11.8 Å². The van der Waals surface area contributed by atoms with Crippen LogP contribution in [-0.2, 0) is 31.4 Å². The lowest BCUT2D eigenvalue weighted by atomic mass is 10.0. The first-order valence-corrected chi connectivity index (χ1v) is 9.27. The molecule has 0 spiro atoms. The zero-order valence-corrected chi connectivity index (χ0v) is 14.9. The van der Waals surface area contributed by atoms with E-state index in [4.69, 9.17) is 5.11 Å². The molecule has 2 heterocycles. The molecule has 3 amide bonds. The van der Waals surface area contributed by atoms with Gasteiger partial charge in [-0.2, -0.15) is 8.42 Å². The average Bonchev–Trinajstić information content (AvgIpc) is 2.88. The molecule has 1 fully saturated rings. The lowest BCUT2D eigenvalue weighted by molar-refractivity contribution is -0.137. The molecule has 28 heavy (non-hydrogen) atoms. The van der Waals surface area contributed by atoms with Gasteiger partial charge in [-0.25, -0.2) is 0 Å². The fourth-order valence-electron chi connectivity index (χ4n) is 3.13. The van der Waals surface area contributed by atoms with Crippen LogP contribution in [-0.4, -0.2) is 54.7 Å². The number of carboxylic acid groups (broad SMARTS) is 1. The highest BCUT2D eigenvalue weighted by atomic mass is 32.3. The summed E-state index contributed by atoms with van der Waals surface area (Å²) in [6.45, 7) is -0.657. The van der Waals surface area contributed by atoms with E-state index in [1.807, 2.05) is 0 Å². The maximum Gasteiger partial charge on any atom is 0.488 e. The van der Waals surface area contributed by atoms with Crippen molar-refractivity contribution in [2.75, 3.05) is 11.9 Å². The van der Waals surface area contributed by atoms with Crippen molar-refractivity contribution in [1.82, 2.24) is 10.2 Å². The first-order chi connectivity index (χ1) is 13.0. The summed E-state index contributed by atoms with van der Waals surface area (Å²) in [4.78, 5) is 48.1. The summed E-state index contributed by atoms with van der Waals surface area (Å²) in [5.74, 6) is -3.54. The topological polar surface area (TPSA) is 159 Å². The molecule has 3 rings (SSSR count). The number of nitrogens with zero attached hydrogens (tertiary/aromatic N) is 1. The Balaban J connectivity index is 1.97. The van der Waals surface area contributed by atoms with E-state index in [0.717, 1.165) is 12.1 Å². The smallest absolute Gasteiger partial charge is 0.480 e. The summed E-state index contributed by atoms with van der Waals surface area (Å²) in [5, 5.41) is 13.5. The largest absolute Gasteiger partial charge is 0.488 e. The van der Waals surface area contributed by atoms with Crippen molar-refractivity contribution in [3.05, 3.63) is 23.3 Å². The van der Waals surface area contributed by atoms with Crippen molar-refractivity contribution in [2.45, 2.75) is 25.4 Å². The van der Waals surface area contributed by atoms with Gasteiger partial charge in [-0.15, -0.1) is 0 Å². The van der Waals surface area contributed by atoms with E-state index in [-0.39, 0.29) is 30.6 Å². The number of carbonyl (C=O) groups is 4. The van der Waals surface area contributed by atoms with Gasteiger partial charge < -0.3 is 19.5 Å². The Hall–Kier alpha value is -3.22. The van der Waals surface area contributed by atoms with Crippen LogP contribution in [0.25, 0.3) is 0 Å². The van der Waals surface area contributed by atoms with Gasteiger partial charge in [0.25, 0.3) is 5.91 Å². The number of amides is 3. The maximum absolute atomic E-state index is 12.9. The molecule has 1 aromatic rings. The van der Waals surface area contributed by atoms with E-state index in [1.165, 1.54) is 4.90 Å². The zero-order valence-electron chi connectivity index (χ0n) is 14.1. The van der Waals surface area contributed by atoms with Gasteiger partial charge in [0.15, 0.2) is 0 Å². The molecule has 1 saturated heterocycles. The standard InChI is InChI=1S/C15H14FN3O8S/c16-28(25,26)27-7-3-8-9(10(4-7)17-5-13(21)22)6-19(15(8)24)11-1-2-12(20)18-14(11)23/h3-4,11,17H,1-2,5-6H2,(H,21,22)(H,18,20,23). The van der Waals surface area contributed by atoms with Crippen molar-refractivity contribution >= 4 is 39.9 Å². The first-order valence-electron chi connectivity index (χ1n) is 7.96. The minimum Gasteiger partial charge on any atom is -0.480 e. The fraction of sp³-hybridized carbons (Fsp3) is 0.333. The van der Waals surface area contributed by atoms with Crippen LogP contribution in [0.2, 0.25) is 0 Å². The monoisotopic (exact) mass is 415 g/mol. The summed E-state index contributed by atoms with van der Waals surface area (Å²) in [5.41, 5.74) is 0.264. The average molecular weight is 415 g/mol. The number of piperidine rings is 1. The Morgan fingerprint density at radius 1 is 1.36 bits per heavy atom. The molecule has 2 aliphatic rings. The molecule has 0 bridgehead atoms. The predicted octanol–water partition coefficient (Wildman–Crippen LogP) is -0.463. The Morgan fingerprint density at radius 2 is 2.07 bits per heavy atom. The molecule has 2 aliphatic heterocycles. The number of nitrogens with one attached hydrogen (secondary N) is 2. The van der Waals surface area contributed by atoms with Crippen molar-refractivity contribution < 1.29 is 40.8 Å². The Labute approximate surface area is 157 Å². The van der Waals surface area contributed by atoms with Gasteiger partial charge in [-0.05, 0) is 12.5 Å². The number of hydrogen-bond acceptors (Lipinski definition) is 8. The van der Waals surface area contributed by atoms with Crippen molar-refractivity contribution in [3.8, 4) is 5.75 Å². The summed E-state index contributed by atoms with van der Waals surface area (Å²) in [6.07, 6.45) is 0.139. The molecule has 0 aromatic heterocycles. The Kier molecular flexibility index (Phi) is 4.93. The predicted molar refractivity (Wildman–Crippen MR) is 89.3 cm³/mol. The zero-order chi connectivity index (χ0) is 20.6. The second-order valence-electron chi connectivity index (χ2n) is 6.12. The minimum atomic E-state index is -5.38. The Bertz CT molecular complexity index is 993. The lowest BCUT2D eigenvalue weighted by Gasteiger charge is -2.29. The molecule has 0 radical (unpaired) electrons. The van der Waals surface area contributed by atoms with Crippen LogP contribution in [0.3, 0.4) is 0 Å². The third-order valence-corrected chi connectivity index (χ3v) is 4.65. The SMILES string of the molecule is O=C(O)CNc1cc(OS(=O)(=O)F)cc2c1CN(C1CCC(=O)NC1=O)C2=O. The van der Waals surface area contributed by atoms with Crippen molar-refractivity contribution in [1.29, 1.82) is 0 Å². The number of hydrogen-bond donors (Lipinski definition) is 3. The molecule has 0 saturated carbocycles. The molecule has 150 valence electrons. The highest BCUT2D eigenvalue weighted by Gasteiger charge is 2.40. The molecule has 13 heteroatoms. The van der Waals surface area contributed by atoms with E-state index >= 15 is 0 Å². The van der Waals surface area contributed by atoms with Crippen LogP contribution in [0.5, 0.6) is 5.75 Å². The summed E-state index contributed by atoms with van der Waals surface area (Å²) < 4.78 is 38.6. The number of fused-ring (bicyclic) bond motifs is 1. The van der Waals surface area contributed by atoms with Crippen LogP contribution < -0.4 is 14.8 Å². The van der Waals surface area contributed by atoms with E-state index in [0.29, 0.717) is 5.56 Å². The van der Waals surface area contributed by atoms with E-state index < -0.39 is 52.5 Å². The summed E-state index contributed by atoms with van der Waals surface area (Å²) in [6, 6.07) is 1.10. The fourth-order valence-corrected chi connectivity index (χ4v) is 3.45. The second-order valence-corrected chi connectivity index (χ2v) is 7.07. The van der Waals surface area contributed by atoms with E-state index in [9.17, 15) is 31.5 Å². The highest BCUT2D eigenvalue weighted by Crippen LogP contribution is 2.36. The third kappa shape index (κ3) is 4.03. The molecular weight excluding hydrogens is 401 g/mol. The number of carbonyl (C=O) groups excluding carboxylic acids is 3. The lowest BCUT2D eigenvalue weighted by Crippen LogP contribution is -2.52. The normalized spacial score (nSPS) is 19.2. The van der Waals surface area contributed by atoms with E-state index in [1.54, 1.807) is 0 Å². The maximum atomic E-state index is 12.9.